The fourth-order valence-electron chi connectivity index (χ4n) is 1.93. The van der Waals surface area contributed by atoms with Gasteiger partial charge in [0.2, 0.25) is 10.0 Å². The highest BCUT2D eigenvalue weighted by molar-refractivity contribution is 7.89. The number of halogens is 3. The lowest BCUT2D eigenvalue weighted by Crippen LogP contribution is -2.48. The second-order valence-corrected chi connectivity index (χ2v) is 9.86. The second-order valence-electron chi connectivity index (χ2n) is 8.15. The Hall–Kier alpha value is -1.85. The number of benzene rings is 1. The van der Waals surface area contributed by atoms with Gasteiger partial charge in [-0.25, -0.2) is 8.42 Å². The molecule has 0 unspecified atom stereocenters. The zero-order chi connectivity index (χ0) is 22.7. The molecule has 166 valence electrons. The Bertz CT molecular complexity index is 793. The van der Waals surface area contributed by atoms with E-state index in [1.165, 1.54) is 0 Å². The zero-order valence-corrected chi connectivity index (χ0v) is 17.9. The summed E-state index contributed by atoms with van der Waals surface area (Å²) in [4.78, 5) is 12.1. The SMILES string of the molecule is CC(C)(C)OC[C@H](NS(=O)(=O)c1ccc(OC(F)(F)F)cc1)C(=O)OC(C)(C)C. The van der Waals surface area contributed by atoms with Gasteiger partial charge in [0, 0.05) is 0 Å². The first-order valence-corrected chi connectivity index (χ1v) is 10.1. The molecule has 1 atom stereocenters. The predicted molar refractivity (Wildman–Crippen MR) is 98.8 cm³/mol. The van der Waals surface area contributed by atoms with E-state index < -0.39 is 45.3 Å². The van der Waals surface area contributed by atoms with Crippen LogP contribution in [-0.2, 0) is 24.3 Å². The highest BCUT2D eigenvalue weighted by Gasteiger charge is 2.33. The Morgan fingerprint density at radius 2 is 1.52 bits per heavy atom. The molecule has 29 heavy (non-hydrogen) atoms. The van der Waals surface area contributed by atoms with Crippen LogP contribution >= 0.6 is 0 Å². The summed E-state index contributed by atoms with van der Waals surface area (Å²) in [5.41, 5.74) is -1.51. The molecule has 0 spiro atoms. The summed E-state index contributed by atoms with van der Waals surface area (Å²) in [6.07, 6.45) is -4.90. The number of esters is 1. The number of carbonyl (C=O) groups is 1. The third-order valence-electron chi connectivity index (χ3n) is 3.04. The van der Waals surface area contributed by atoms with E-state index in [0.29, 0.717) is 0 Å². The third kappa shape index (κ3) is 9.95. The van der Waals surface area contributed by atoms with Gasteiger partial charge in [-0.2, -0.15) is 4.72 Å². The van der Waals surface area contributed by atoms with Crippen LogP contribution in [0.2, 0.25) is 0 Å². The lowest BCUT2D eigenvalue weighted by atomic mass is 10.2. The van der Waals surface area contributed by atoms with E-state index in [9.17, 15) is 26.4 Å². The summed E-state index contributed by atoms with van der Waals surface area (Å²) in [6, 6.07) is 2.22. The van der Waals surface area contributed by atoms with Gasteiger partial charge in [-0.3, -0.25) is 4.79 Å². The van der Waals surface area contributed by atoms with Crippen molar-refractivity contribution in [1.29, 1.82) is 0 Å². The van der Waals surface area contributed by atoms with Gasteiger partial charge in [0.05, 0.1) is 17.1 Å². The summed E-state index contributed by atoms with van der Waals surface area (Å²) in [5.74, 6) is -1.42. The quantitative estimate of drug-likeness (QED) is 0.653. The molecule has 7 nitrogen and oxygen atoms in total. The van der Waals surface area contributed by atoms with Crippen LogP contribution in [0, 0.1) is 0 Å². The smallest absolute Gasteiger partial charge is 0.459 e. The summed E-state index contributed by atoms with van der Waals surface area (Å²) in [5, 5.41) is 0. The van der Waals surface area contributed by atoms with Crippen molar-refractivity contribution in [2.45, 2.75) is 70.0 Å². The van der Waals surface area contributed by atoms with Gasteiger partial charge in [0.25, 0.3) is 0 Å². The van der Waals surface area contributed by atoms with Crippen molar-refractivity contribution in [3.05, 3.63) is 24.3 Å². The number of hydrogen-bond donors (Lipinski definition) is 1. The van der Waals surface area contributed by atoms with Gasteiger partial charge in [-0.15, -0.1) is 13.2 Å². The molecule has 0 bridgehead atoms. The highest BCUT2D eigenvalue weighted by Crippen LogP contribution is 2.24. The van der Waals surface area contributed by atoms with Crippen LogP contribution in [0.4, 0.5) is 13.2 Å². The lowest BCUT2D eigenvalue weighted by Gasteiger charge is -2.27. The van der Waals surface area contributed by atoms with Gasteiger partial charge in [-0.1, -0.05) is 0 Å². The average Bonchev–Trinajstić information content (AvgIpc) is 2.47. The molecule has 0 aliphatic carbocycles. The van der Waals surface area contributed by atoms with Gasteiger partial charge in [-0.05, 0) is 65.8 Å². The maximum Gasteiger partial charge on any atom is 0.573 e. The van der Waals surface area contributed by atoms with Crippen molar-refractivity contribution in [2.24, 2.45) is 0 Å². The molecule has 0 saturated heterocycles. The first-order chi connectivity index (χ1) is 12.9. The number of sulfonamides is 1. The minimum absolute atomic E-state index is 0.299. The molecule has 0 fully saturated rings. The van der Waals surface area contributed by atoms with Crippen LogP contribution in [0.15, 0.2) is 29.2 Å². The lowest BCUT2D eigenvalue weighted by molar-refractivity contribution is -0.274. The van der Waals surface area contributed by atoms with Crippen molar-refractivity contribution in [3.63, 3.8) is 0 Å². The fourth-order valence-corrected chi connectivity index (χ4v) is 3.10. The maximum atomic E-state index is 12.6. The minimum atomic E-state index is -4.90. The summed E-state index contributed by atoms with van der Waals surface area (Å²) < 4.78 is 78.5. The normalized spacial score (nSPS) is 14.4. The molecule has 0 saturated carbocycles. The Kier molecular flexibility index (Phi) is 7.72. The number of rotatable bonds is 7. The largest absolute Gasteiger partial charge is 0.573 e. The molecule has 1 aromatic carbocycles. The van der Waals surface area contributed by atoms with Gasteiger partial charge in [0.1, 0.15) is 17.4 Å². The van der Waals surface area contributed by atoms with Crippen LogP contribution < -0.4 is 9.46 Å². The molecule has 0 aliphatic rings. The van der Waals surface area contributed by atoms with E-state index >= 15 is 0 Å². The van der Waals surface area contributed by atoms with E-state index in [-0.39, 0.29) is 11.5 Å². The van der Waals surface area contributed by atoms with E-state index in [4.69, 9.17) is 9.47 Å². The molecule has 0 aromatic heterocycles. The van der Waals surface area contributed by atoms with Crippen molar-refractivity contribution in [1.82, 2.24) is 4.72 Å². The molecule has 1 rings (SSSR count). The Morgan fingerprint density at radius 3 is 1.93 bits per heavy atom. The first-order valence-electron chi connectivity index (χ1n) is 8.63. The van der Waals surface area contributed by atoms with Gasteiger partial charge in [0.15, 0.2) is 0 Å². The van der Waals surface area contributed by atoms with Crippen LogP contribution in [-0.4, -0.2) is 44.6 Å². The Morgan fingerprint density at radius 1 is 1.00 bits per heavy atom. The van der Waals surface area contributed by atoms with Crippen LogP contribution in [0.3, 0.4) is 0 Å². The molecule has 0 radical (unpaired) electrons. The zero-order valence-electron chi connectivity index (χ0n) is 17.1. The summed E-state index contributed by atoms with van der Waals surface area (Å²) >= 11 is 0. The van der Waals surface area contributed by atoms with E-state index in [1.54, 1.807) is 41.5 Å². The molecule has 1 N–H and O–H groups in total. The first kappa shape index (κ1) is 25.2. The molecule has 11 heteroatoms. The van der Waals surface area contributed by atoms with Crippen LogP contribution in [0.5, 0.6) is 5.75 Å². The van der Waals surface area contributed by atoms with E-state index in [1.807, 2.05) is 0 Å². The van der Waals surface area contributed by atoms with Gasteiger partial charge < -0.3 is 14.2 Å². The number of carbonyl (C=O) groups excluding carboxylic acids is 1. The maximum absolute atomic E-state index is 12.6. The molecule has 0 heterocycles. The van der Waals surface area contributed by atoms with E-state index in [2.05, 4.69) is 9.46 Å². The van der Waals surface area contributed by atoms with E-state index in [0.717, 1.165) is 24.3 Å². The van der Waals surface area contributed by atoms with Crippen molar-refractivity contribution in [3.8, 4) is 5.75 Å². The number of nitrogens with one attached hydrogen (secondary N) is 1. The Labute approximate surface area is 168 Å². The Balaban J connectivity index is 3.04. The molecule has 0 aliphatic heterocycles. The molecule has 0 amide bonds. The fraction of sp³-hybridized carbons (Fsp3) is 0.611. The molecule has 1 aromatic rings. The topological polar surface area (TPSA) is 90.9 Å². The number of ether oxygens (including phenoxy) is 3. The third-order valence-corrected chi connectivity index (χ3v) is 4.53. The standard InChI is InChI=1S/C18H26F3NO6S/c1-16(2,3)26-11-14(15(23)28-17(4,5)6)22-29(24,25)13-9-7-12(8-10-13)27-18(19,20)21/h7-10,14,22H,11H2,1-6H3/t14-/m0/s1. The summed E-state index contributed by atoms with van der Waals surface area (Å²) in [7, 11) is -4.26. The second kappa shape index (κ2) is 8.88. The predicted octanol–water partition coefficient (Wildman–Crippen LogP) is 3.39. The number of alkyl halides is 3. The highest BCUT2D eigenvalue weighted by atomic mass is 32.2. The van der Waals surface area contributed by atoms with Crippen LogP contribution in [0.25, 0.3) is 0 Å². The van der Waals surface area contributed by atoms with Gasteiger partial charge >= 0.3 is 12.3 Å². The molecular formula is C18H26F3NO6S. The van der Waals surface area contributed by atoms with Crippen LogP contribution in [0.1, 0.15) is 41.5 Å². The molecular weight excluding hydrogens is 415 g/mol. The average molecular weight is 441 g/mol. The summed E-state index contributed by atoms with van der Waals surface area (Å²) in [6.45, 7) is 9.77. The number of hydrogen-bond acceptors (Lipinski definition) is 6. The van der Waals surface area contributed by atoms with Crippen molar-refractivity contribution < 1.29 is 40.6 Å². The van der Waals surface area contributed by atoms with Crippen molar-refractivity contribution >= 4 is 16.0 Å². The minimum Gasteiger partial charge on any atom is -0.459 e. The van der Waals surface area contributed by atoms with Crippen molar-refractivity contribution in [2.75, 3.05) is 6.61 Å². The monoisotopic (exact) mass is 441 g/mol.